The van der Waals surface area contributed by atoms with Crippen molar-refractivity contribution >= 4 is 5.91 Å². The van der Waals surface area contributed by atoms with Crippen LogP contribution in [0, 0.1) is 0 Å². The monoisotopic (exact) mass is 159 g/mol. The van der Waals surface area contributed by atoms with Gasteiger partial charge in [-0.25, -0.2) is 0 Å². The number of aliphatic hydroxyl groups is 2. The molecule has 0 aromatic heterocycles. The van der Waals surface area contributed by atoms with Crippen LogP contribution in [0.2, 0.25) is 0 Å². The van der Waals surface area contributed by atoms with Crippen LogP contribution in [0.3, 0.4) is 0 Å². The van der Waals surface area contributed by atoms with E-state index in [0.29, 0.717) is 5.57 Å². The van der Waals surface area contributed by atoms with Gasteiger partial charge in [0.2, 0.25) is 5.91 Å². The Morgan fingerprint density at radius 1 is 1.73 bits per heavy atom. The molecule has 0 rings (SSSR count). The molecule has 0 aliphatic carbocycles. The van der Waals surface area contributed by atoms with Gasteiger partial charge in [-0.1, -0.05) is 6.58 Å². The highest BCUT2D eigenvalue weighted by Crippen LogP contribution is 1.85. The summed E-state index contributed by atoms with van der Waals surface area (Å²) in [5.41, 5.74) is 0.384. The maximum Gasteiger partial charge on any atom is 0.246 e. The van der Waals surface area contributed by atoms with Gasteiger partial charge in [-0.2, -0.15) is 0 Å². The first-order chi connectivity index (χ1) is 5.07. The van der Waals surface area contributed by atoms with E-state index >= 15 is 0 Å². The molecule has 0 saturated carbocycles. The second-order valence-corrected chi connectivity index (χ2v) is 2.33. The molecule has 11 heavy (non-hydrogen) atoms. The Morgan fingerprint density at radius 2 is 2.27 bits per heavy atom. The van der Waals surface area contributed by atoms with Crippen LogP contribution in [0.4, 0.5) is 0 Å². The molecule has 0 aromatic carbocycles. The SMILES string of the molecule is C=C(C)C(=O)NCC(O)CO. The first kappa shape index (κ1) is 10.1. The Labute approximate surface area is 65.5 Å². The molecule has 0 aromatic rings. The van der Waals surface area contributed by atoms with Crippen molar-refractivity contribution < 1.29 is 15.0 Å². The van der Waals surface area contributed by atoms with Crippen molar-refractivity contribution in [1.82, 2.24) is 5.32 Å². The molecule has 0 fully saturated rings. The van der Waals surface area contributed by atoms with Crippen LogP contribution in [0.15, 0.2) is 12.2 Å². The molecule has 0 aliphatic heterocycles. The quantitative estimate of drug-likeness (QED) is 0.462. The molecule has 0 bridgehead atoms. The van der Waals surface area contributed by atoms with E-state index in [1.165, 1.54) is 0 Å². The molecule has 4 nitrogen and oxygen atoms in total. The maximum absolute atomic E-state index is 10.8. The fourth-order valence-electron chi connectivity index (χ4n) is 0.426. The third kappa shape index (κ3) is 4.52. The van der Waals surface area contributed by atoms with Crippen LogP contribution in [0.5, 0.6) is 0 Å². The van der Waals surface area contributed by atoms with Crippen LogP contribution < -0.4 is 5.32 Å². The average Bonchev–Trinajstić information content (AvgIpc) is 1.99. The van der Waals surface area contributed by atoms with Crippen molar-refractivity contribution in [1.29, 1.82) is 0 Å². The van der Waals surface area contributed by atoms with Gasteiger partial charge in [0.05, 0.1) is 12.7 Å². The molecule has 64 valence electrons. The van der Waals surface area contributed by atoms with Gasteiger partial charge in [0.15, 0.2) is 0 Å². The number of carbonyl (C=O) groups excluding carboxylic acids is 1. The Kier molecular flexibility index (Phi) is 4.49. The van der Waals surface area contributed by atoms with Gasteiger partial charge in [0.1, 0.15) is 0 Å². The molecule has 0 aliphatic rings. The Balaban J connectivity index is 3.54. The van der Waals surface area contributed by atoms with Crippen LogP contribution in [-0.4, -0.2) is 35.4 Å². The third-order valence-corrected chi connectivity index (χ3v) is 1.10. The molecule has 0 radical (unpaired) electrons. The van der Waals surface area contributed by atoms with Gasteiger partial charge < -0.3 is 15.5 Å². The summed E-state index contributed by atoms with van der Waals surface area (Å²) < 4.78 is 0. The Hall–Kier alpha value is -0.870. The second kappa shape index (κ2) is 4.87. The highest BCUT2D eigenvalue weighted by Gasteiger charge is 2.04. The predicted molar refractivity (Wildman–Crippen MR) is 40.9 cm³/mol. The van der Waals surface area contributed by atoms with Crippen LogP contribution in [-0.2, 0) is 4.79 Å². The minimum absolute atomic E-state index is 0.0577. The predicted octanol–water partition coefficient (Wildman–Crippen LogP) is -0.968. The number of nitrogens with one attached hydrogen (secondary N) is 1. The standard InChI is InChI=1S/C7H13NO3/c1-5(2)7(11)8-3-6(10)4-9/h6,9-10H,1,3-4H2,2H3,(H,8,11). The summed E-state index contributed by atoms with van der Waals surface area (Å²) >= 11 is 0. The zero-order valence-corrected chi connectivity index (χ0v) is 6.50. The van der Waals surface area contributed by atoms with Crippen molar-refractivity contribution in [2.24, 2.45) is 0 Å². The molecule has 0 heterocycles. The highest BCUT2D eigenvalue weighted by atomic mass is 16.3. The summed E-state index contributed by atoms with van der Waals surface area (Å²) in [5.74, 6) is -0.308. The summed E-state index contributed by atoms with van der Waals surface area (Å²) in [6.45, 7) is 4.68. The van der Waals surface area contributed by atoms with E-state index in [4.69, 9.17) is 10.2 Å². The van der Waals surface area contributed by atoms with Gasteiger partial charge in [0.25, 0.3) is 0 Å². The minimum atomic E-state index is -0.890. The van der Waals surface area contributed by atoms with Crippen molar-refractivity contribution in [2.45, 2.75) is 13.0 Å². The van der Waals surface area contributed by atoms with Gasteiger partial charge in [-0.05, 0) is 6.92 Å². The lowest BCUT2D eigenvalue weighted by Gasteiger charge is -2.07. The number of hydrogen-bond donors (Lipinski definition) is 3. The van der Waals surface area contributed by atoms with Gasteiger partial charge in [-0.3, -0.25) is 4.79 Å². The lowest BCUT2D eigenvalue weighted by Crippen LogP contribution is -2.34. The van der Waals surface area contributed by atoms with Crippen LogP contribution >= 0.6 is 0 Å². The van der Waals surface area contributed by atoms with E-state index in [1.807, 2.05) is 0 Å². The summed E-state index contributed by atoms with van der Waals surface area (Å²) in [6.07, 6.45) is -0.890. The second-order valence-electron chi connectivity index (χ2n) is 2.33. The molecule has 1 unspecified atom stereocenters. The smallest absolute Gasteiger partial charge is 0.246 e. The van der Waals surface area contributed by atoms with Crippen molar-refractivity contribution in [3.8, 4) is 0 Å². The molecule has 1 amide bonds. The Morgan fingerprint density at radius 3 is 2.64 bits per heavy atom. The fraction of sp³-hybridized carbons (Fsp3) is 0.571. The van der Waals surface area contributed by atoms with Crippen molar-refractivity contribution in [3.05, 3.63) is 12.2 Å². The van der Waals surface area contributed by atoms with E-state index in [2.05, 4.69) is 11.9 Å². The summed E-state index contributed by atoms with van der Waals surface area (Å²) in [4.78, 5) is 10.8. The van der Waals surface area contributed by atoms with Gasteiger partial charge >= 0.3 is 0 Å². The average molecular weight is 159 g/mol. The number of hydrogen-bond acceptors (Lipinski definition) is 3. The maximum atomic E-state index is 10.8. The van der Waals surface area contributed by atoms with E-state index in [0.717, 1.165) is 0 Å². The Bertz CT molecular complexity index is 156. The first-order valence-corrected chi connectivity index (χ1v) is 3.30. The molecule has 3 N–H and O–H groups in total. The summed E-state index contributed by atoms with van der Waals surface area (Å²) in [5, 5.41) is 19.5. The topological polar surface area (TPSA) is 69.6 Å². The van der Waals surface area contributed by atoms with E-state index in [9.17, 15) is 4.79 Å². The normalized spacial score (nSPS) is 12.3. The molecular formula is C7H13NO3. The zero-order valence-electron chi connectivity index (χ0n) is 6.50. The van der Waals surface area contributed by atoms with Crippen molar-refractivity contribution in [2.75, 3.05) is 13.2 Å². The zero-order chi connectivity index (χ0) is 8.85. The number of aliphatic hydroxyl groups excluding tert-OH is 2. The third-order valence-electron chi connectivity index (χ3n) is 1.10. The molecule has 4 heteroatoms. The minimum Gasteiger partial charge on any atom is -0.394 e. The van der Waals surface area contributed by atoms with E-state index in [-0.39, 0.29) is 19.1 Å². The number of rotatable bonds is 4. The molecule has 0 saturated heterocycles. The molecular weight excluding hydrogens is 146 g/mol. The molecule has 0 spiro atoms. The van der Waals surface area contributed by atoms with E-state index < -0.39 is 6.10 Å². The number of carbonyl (C=O) groups is 1. The lowest BCUT2D eigenvalue weighted by atomic mass is 10.3. The number of amides is 1. The van der Waals surface area contributed by atoms with E-state index in [1.54, 1.807) is 6.92 Å². The van der Waals surface area contributed by atoms with Crippen LogP contribution in [0.1, 0.15) is 6.92 Å². The van der Waals surface area contributed by atoms with Crippen LogP contribution in [0.25, 0.3) is 0 Å². The molecule has 1 atom stereocenters. The largest absolute Gasteiger partial charge is 0.394 e. The fourth-order valence-corrected chi connectivity index (χ4v) is 0.426. The highest BCUT2D eigenvalue weighted by molar-refractivity contribution is 5.92. The van der Waals surface area contributed by atoms with Gasteiger partial charge in [-0.15, -0.1) is 0 Å². The summed E-state index contributed by atoms with van der Waals surface area (Å²) in [6, 6.07) is 0. The first-order valence-electron chi connectivity index (χ1n) is 3.30. The van der Waals surface area contributed by atoms with Crippen molar-refractivity contribution in [3.63, 3.8) is 0 Å². The lowest BCUT2D eigenvalue weighted by molar-refractivity contribution is -0.118. The summed E-state index contributed by atoms with van der Waals surface area (Å²) in [7, 11) is 0. The van der Waals surface area contributed by atoms with Gasteiger partial charge in [0, 0.05) is 12.1 Å².